The van der Waals surface area contributed by atoms with Crippen LogP contribution in [-0.2, 0) is 9.59 Å². The first-order chi connectivity index (χ1) is 3.68. The van der Waals surface area contributed by atoms with Crippen molar-refractivity contribution in [1.29, 1.82) is 0 Å². The third-order valence-electron chi connectivity index (χ3n) is 0.431. The lowest BCUT2D eigenvalue weighted by Crippen LogP contribution is -2.02. The zero-order chi connectivity index (χ0) is 6.57. The maximum absolute atomic E-state index is 9.96. The van der Waals surface area contributed by atoms with Crippen molar-refractivity contribution in [3.8, 4) is 0 Å². The van der Waals surface area contributed by atoms with Crippen LogP contribution in [0.2, 0.25) is 0 Å². The lowest BCUT2D eigenvalue weighted by molar-refractivity contribution is -0.110. The highest BCUT2D eigenvalue weighted by Gasteiger charge is 2.06. The summed E-state index contributed by atoms with van der Waals surface area (Å²) in [6.45, 7) is 0. The van der Waals surface area contributed by atoms with Crippen LogP contribution in [0.3, 0.4) is 0 Å². The van der Waals surface area contributed by atoms with E-state index in [0.29, 0.717) is 0 Å². The Labute approximate surface area is 56.1 Å². The van der Waals surface area contributed by atoms with Crippen molar-refractivity contribution in [3.63, 3.8) is 0 Å². The SMILES string of the molecule is O=C=CC(Cl)C(=O)Cl. The smallest absolute Gasteiger partial charge is 0.244 e. The molecule has 1 unspecified atom stereocenters. The number of hydrogen-bond donors (Lipinski definition) is 0. The average Bonchev–Trinajstić information content (AvgIpc) is 1.67. The molecule has 0 heterocycles. The van der Waals surface area contributed by atoms with Crippen LogP contribution in [0.5, 0.6) is 0 Å². The molecule has 0 aliphatic carbocycles. The Morgan fingerprint density at radius 1 is 1.75 bits per heavy atom. The summed E-state index contributed by atoms with van der Waals surface area (Å²) in [6, 6.07) is 0. The first kappa shape index (κ1) is 7.70. The van der Waals surface area contributed by atoms with Gasteiger partial charge in [0.1, 0.15) is 11.3 Å². The van der Waals surface area contributed by atoms with E-state index in [-0.39, 0.29) is 0 Å². The quantitative estimate of drug-likeness (QED) is 0.333. The summed E-state index contributed by atoms with van der Waals surface area (Å²) in [7, 11) is 0. The van der Waals surface area contributed by atoms with Gasteiger partial charge in [0, 0.05) is 6.08 Å². The fraction of sp³-hybridized carbons (Fsp3) is 0.250. The van der Waals surface area contributed by atoms with Crippen LogP contribution in [0, 0.1) is 0 Å². The molecule has 0 aliphatic rings. The molecule has 0 fully saturated rings. The van der Waals surface area contributed by atoms with E-state index >= 15 is 0 Å². The van der Waals surface area contributed by atoms with Crippen LogP contribution >= 0.6 is 23.2 Å². The van der Waals surface area contributed by atoms with E-state index in [4.69, 9.17) is 23.2 Å². The fourth-order valence-electron chi connectivity index (χ4n) is 0.125. The first-order valence-corrected chi connectivity index (χ1v) is 2.54. The maximum Gasteiger partial charge on any atom is 0.244 e. The molecular weight excluding hydrogens is 151 g/mol. The molecule has 0 aromatic heterocycles. The highest BCUT2D eigenvalue weighted by molar-refractivity contribution is 6.69. The van der Waals surface area contributed by atoms with Crippen LogP contribution in [0.1, 0.15) is 0 Å². The van der Waals surface area contributed by atoms with Gasteiger partial charge < -0.3 is 0 Å². The molecule has 2 nitrogen and oxygen atoms in total. The molecule has 44 valence electrons. The number of allylic oxidation sites excluding steroid dienone is 1. The Morgan fingerprint density at radius 3 is 2.38 bits per heavy atom. The van der Waals surface area contributed by atoms with Crippen LogP contribution in [0.4, 0.5) is 0 Å². The molecule has 1 atom stereocenters. The van der Waals surface area contributed by atoms with Gasteiger partial charge in [0.25, 0.3) is 0 Å². The van der Waals surface area contributed by atoms with Crippen molar-refractivity contribution in [2.24, 2.45) is 0 Å². The normalized spacial score (nSPS) is 11.8. The summed E-state index contributed by atoms with van der Waals surface area (Å²) in [5, 5.41) is -1.80. The molecule has 8 heavy (non-hydrogen) atoms. The van der Waals surface area contributed by atoms with Crippen LogP contribution in [0.15, 0.2) is 6.08 Å². The van der Waals surface area contributed by atoms with Gasteiger partial charge in [-0.2, -0.15) is 0 Å². The molecule has 0 N–H and O–H groups in total. The predicted molar refractivity (Wildman–Crippen MR) is 30.8 cm³/mol. The summed E-state index contributed by atoms with van der Waals surface area (Å²) < 4.78 is 0. The van der Waals surface area contributed by atoms with Crippen molar-refractivity contribution in [2.45, 2.75) is 5.38 Å². The van der Waals surface area contributed by atoms with E-state index in [1.807, 2.05) is 0 Å². The molecule has 0 aromatic rings. The number of carbonyl (C=O) groups excluding carboxylic acids is 2. The van der Waals surface area contributed by atoms with Gasteiger partial charge in [0.15, 0.2) is 0 Å². The summed E-state index contributed by atoms with van der Waals surface area (Å²) >= 11 is 9.94. The topological polar surface area (TPSA) is 34.1 Å². The first-order valence-electron chi connectivity index (χ1n) is 1.73. The largest absolute Gasteiger partial charge is 0.279 e. The van der Waals surface area contributed by atoms with E-state index in [9.17, 15) is 9.59 Å². The molecule has 0 aromatic carbocycles. The number of hydrogen-bond acceptors (Lipinski definition) is 2. The van der Waals surface area contributed by atoms with Gasteiger partial charge in [-0.25, -0.2) is 4.79 Å². The lowest BCUT2D eigenvalue weighted by Gasteiger charge is -1.86. The Hall–Kier alpha value is -0.300. The van der Waals surface area contributed by atoms with Crippen molar-refractivity contribution in [3.05, 3.63) is 6.08 Å². The monoisotopic (exact) mass is 152 g/mol. The highest BCUT2D eigenvalue weighted by Crippen LogP contribution is 1.99. The van der Waals surface area contributed by atoms with E-state index in [2.05, 4.69) is 0 Å². The number of halogens is 2. The number of alkyl halides is 1. The molecule has 0 spiro atoms. The second kappa shape index (κ2) is 3.67. The van der Waals surface area contributed by atoms with Crippen molar-refractivity contribution in [1.82, 2.24) is 0 Å². The van der Waals surface area contributed by atoms with Gasteiger partial charge in [-0.3, -0.25) is 4.79 Å². The van der Waals surface area contributed by atoms with E-state index in [1.165, 1.54) is 5.94 Å². The maximum atomic E-state index is 9.96. The van der Waals surface area contributed by atoms with Crippen molar-refractivity contribution < 1.29 is 9.59 Å². The van der Waals surface area contributed by atoms with Gasteiger partial charge >= 0.3 is 0 Å². The minimum absolute atomic E-state index is 0.769. The summed E-state index contributed by atoms with van der Waals surface area (Å²) in [5.74, 6) is 1.34. The Balaban J connectivity index is 3.82. The molecule has 0 saturated heterocycles. The lowest BCUT2D eigenvalue weighted by atomic mass is 10.5. The fourth-order valence-corrected chi connectivity index (χ4v) is 0.240. The van der Waals surface area contributed by atoms with Gasteiger partial charge in [-0.1, -0.05) is 0 Å². The third-order valence-corrected chi connectivity index (χ3v) is 1.10. The molecule has 4 heteroatoms. The predicted octanol–water partition coefficient (Wildman–Crippen LogP) is 0.747. The van der Waals surface area contributed by atoms with Gasteiger partial charge in [-0.05, 0) is 11.6 Å². The van der Waals surface area contributed by atoms with Gasteiger partial charge in [-0.15, -0.1) is 11.6 Å². The van der Waals surface area contributed by atoms with Crippen molar-refractivity contribution >= 4 is 34.4 Å². The van der Waals surface area contributed by atoms with E-state index in [0.717, 1.165) is 6.08 Å². The Bertz CT molecular complexity index is 135. The molecule has 0 amide bonds. The zero-order valence-corrected chi connectivity index (χ0v) is 5.24. The standard InChI is InChI=1S/C4H2Cl2O2/c5-3(1-2-7)4(6)8/h1,3H. The molecular formula is C4H2Cl2O2. The van der Waals surface area contributed by atoms with E-state index < -0.39 is 10.6 Å². The Morgan fingerprint density at radius 2 is 2.25 bits per heavy atom. The third kappa shape index (κ3) is 2.80. The summed E-state index contributed by atoms with van der Waals surface area (Å²) in [4.78, 5) is 19.4. The summed E-state index contributed by atoms with van der Waals surface area (Å²) in [5.41, 5.74) is 0. The van der Waals surface area contributed by atoms with Crippen LogP contribution in [0.25, 0.3) is 0 Å². The second-order valence-electron chi connectivity index (χ2n) is 0.990. The van der Waals surface area contributed by atoms with Crippen molar-refractivity contribution in [2.75, 3.05) is 0 Å². The molecule has 0 radical (unpaired) electrons. The Kier molecular flexibility index (Phi) is 3.53. The average molecular weight is 153 g/mol. The summed E-state index contributed by atoms with van der Waals surface area (Å²) in [6.07, 6.45) is 0.844. The molecule has 0 bridgehead atoms. The molecule has 0 aliphatic heterocycles. The minimum Gasteiger partial charge on any atom is -0.279 e. The number of carbonyl (C=O) groups is 1. The van der Waals surface area contributed by atoms with Crippen LogP contribution in [-0.4, -0.2) is 16.6 Å². The van der Waals surface area contributed by atoms with E-state index in [1.54, 1.807) is 0 Å². The minimum atomic E-state index is -1.03. The van der Waals surface area contributed by atoms with Gasteiger partial charge in [0.2, 0.25) is 5.24 Å². The zero-order valence-electron chi connectivity index (χ0n) is 3.73. The van der Waals surface area contributed by atoms with Crippen LogP contribution < -0.4 is 0 Å². The van der Waals surface area contributed by atoms with Gasteiger partial charge in [0.05, 0.1) is 0 Å². The highest BCUT2D eigenvalue weighted by atomic mass is 35.5. The second-order valence-corrected chi connectivity index (χ2v) is 1.83. The molecule has 0 saturated carbocycles. The molecule has 0 rings (SSSR count). The number of rotatable bonds is 2.